The van der Waals surface area contributed by atoms with Gasteiger partial charge in [0.1, 0.15) is 5.56 Å². The molecule has 0 radical (unpaired) electrons. The second-order valence-corrected chi connectivity index (χ2v) is 8.98. The van der Waals surface area contributed by atoms with Crippen molar-refractivity contribution in [2.75, 3.05) is 16.7 Å². The zero-order chi connectivity index (χ0) is 22.8. The van der Waals surface area contributed by atoms with Crippen LogP contribution >= 0.6 is 0 Å². The quantitative estimate of drug-likeness (QED) is 0.580. The first kappa shape index (κ1) is 22.0. The lowest BCUT2D eigenvalue weighted by atomic mass is 10.1. The van der Waals surface area contributed by atoms with Crippen molar-refractivity contribution in [2.24, 2.45) is 7.05 Å². The SMILES string of the molecule is Cc1ccc(S(=O)(=O)N(C)c2c(C(=O)Nc3ccc(CC(=O)O)cc3)cnn2C)cc1. The summed E-state index contributed by atoms with van der Waals surface area (Å²) in [5.74, 6) is -1.38. The molecule has 2 N–H and O–H groups in total. The molecule has 2 aromatic carbocycles. The Morgan fingerprint density at radius 3 is 2.29 bits per heavy atom. The van der Waals surface area contributed by atoms with Crippen molar-refractivity contribution in [3.63, 3.8) is 0 Å². The normalized spacial score (nSPS) is 11.2. The molecule has 1 amide bonds. The average molecular weight is 442 g/mol. The van der Waals surface area contributed by atoms with Gasteiger partial charge in [-0.3, -0.25) is 18.6 Å². The highest BCUT2D eigenvalue weighted by molar-refractivity contribution is 7.92. The summed E-state index contributed by atoms with van der Waals surface area (Å²) in [6.07, 6.45) is 1.17. The van der Waals surface area contributed by atoms with E-state index in [9.17, 15) is 18.0 Å². The van der Waals surface area contributed by atoms with E-state index >= 15 is 0 Å². The van der Waals surface area contributed by atoms with Crippen LogP contribution in [0.5, 0.6) is 0 Å². The Bertz CT molecular complexity index is 1220. The van der Waals surface area contributed by atoms with Gasteiger partial charge in [-0.15, -0.1) is 0 Å². The fourth-order valence-corrected chi connectivity index (χ4v) is 4.27. The fourth-order valence-electron chi connectivity index (χ4n) is 3.03. The molecule has 3 rings (SSSR count). The first-order valence-electron chi connectivity index (χ1n) is 9.29. The molecule has 1 heterocycles. The molecule has 0 aliphatic heterocycles. The summed E-state index contributed by atoms with van der Waals surface area (Å²) in [4.78, 5) is 23.7. The molecule has 0 saturated heterocycles. The van der Waals surface area contributed by atoms with Gasteiger partial charge in [0.25, 0.3) is 15.9 Å². The van der Waals surface area contributed by atoms with E-state index in [2.05, 4.69) is 10.4 Å². The van der Waals surface area contributed by atoms with E-state index in [-0.39, 0.29) is 22.7 Å². The lowest BCUT2D eigenvalue weighted by Gasteiger charge is -2.21. The average Bonchev–Trinajstić information content (AvgIpc) is 3.10. The van der Waals surface area contributed by atoms with E-state index < -0.39 is 21.9 Å². The highest BCUT2D eigenvalue weighted by atomic mass is 32.2. The largest absolute Gasteiger partial charge is 0.481 e. The number of hydrogen-bond acceptors (Lipinski definition) is 5. The molecule has 0 fully saturated rings. The fraction of sp³-hybridized carbons (Fsp3) is 0.190. The van der Waals surface area contributed by atoms with Crippen LogP contribution in [0.15, 0.2) is 59.6 Å². The second kappa shape index (κ2) is 8.60. The summed E-state index contributed by atoms with van der Waals surface area (Å²) in [5, 5.41) is 15.6. The minimum absolute atomic E-state index is 0.0790. The summed E-state index contributed by atoms with van der Waals surface area (Å²) in [7, 11) is -0.996. The molecule has 0 aliphatic carbocycles. The van der Waals surface area contributed by atoms with Crippen LogP contribution in [0.1, 0.15) is 21.5 Å². The van der Waals surface area contributed by atoms with E-state index in [1.807, 2.05) is 6.92 Å². The van der Waals surface area contributed by atoms with Crippen molar-refractivity contribution in [1.82, 2.24) is 9.78 Å². The summed E-state index contributed by atoms with van der Waals surface area (Å²) >= 11 is 0. The number of anilines is 2. The van der Waals surface area contributed by atoms with Crippen LogP contribution in [-0.2, 0) is 28.3 Å². The molecule has 0 saturated carbocycles. The van der Waals surface area contributed by atoms with Crippen molar-refractivity contribution in [2.45, 2.75) is 18.2 Å². The molecular formula is C21H22N4O5S. The van der Waals surface area contributed by atoms with Crippen LogP contribution in [-0.4, -0.2) is 42.2 Å². The van der Waals surface area contributed by atoms with Gasteiger partial charge in [0.05, 0.1) is 17.5 Å². The summed E-state index contributed by atoms with van der Waals surface area (Å²) in [6, 6.07) is 12.8. The number of nitrogens with zero attached hydrogens (tertiary/aromatic N) is 3. The number of aryl methyl sites for hydroxylation is 2. The van der Waals surface area contributed by atoms with E-state index in [0.29, 0.717) is 11.3 Å². The molecule has 10 heteroatoms. The summed E-state index contributed by atoms with van der Waals surface area (Å²) in [5.41, 5.74) is 2.04. The summed E-state index contributed by atoms with van der Waals surface area (Å²) < 4.78 is 28.5. The zero-order valence-electron chi connectivity index (χ0n) is 17.2. The van der Waals surface area contributed by atoms with Crippen molar-refractivity contribution in [3.8, 4) is 0 Å². The third-order valence-corrected chi connectivity index (χ3v) is 6.46. The van der Waals surface area contributed by atoms with E-state index in [0.717, 1.165) is 9.87 Å². The minimum atomic E-state index is -3.91. The lowest BCUT2D eigenvalue weighted by Crippen LogP contribution is -2.30. The van der Waals surface area contributed by atoms with Crippen LogP contribution < -0.4 is 9.62 Å². The van der Waals surface area contributed by atoms with Crippen molar-refractivity contribution >= 4 is 33.4 Å². The van der Waals surface area contributed by atoms with E-state index in [4.69, 9.17) is 5.11 Å². The Kier molecular flexibility index (Phi) is 6.11. The smallest absolute Gasteiger partial charge is 0.307 e. The van der Waals surface area contributed by atoms with Gasteiger partial charge in [0.15, 0.2) is 5.82 Å². The van der Waals surface area contributed by atoms with Gasteiger partial charge in [-0.25, -0.2) is 8.42 Å². The Balaban J connectivity index is 1.87. The molecule has 9 nitrogen and oxygen atoms in total. The van der Waals surface area contributed by atoms with Gasteiger partial charge in [0, 0.05) is 19.8 Å². The monoisotopic (exact) mass is 442 g/mol. The molecular weight excluding hydrogens is 420 g/mol. The van der Waals surface area contributed by atoms with Gasteiger partial charge in [-0.2, -0.15) is 5.10 Å². The number of aromatic nitrogens is 2. The lowest BCUT2D eigenvalue weighted by molar-refractivity contribution is -0.136. The number of benzene rings is 2. The van der Waals surface area contributed by atoms with Crippen LogP contribution in [0.4, 0.5) is 11.5 Å². The molecule has 0 bridgehead atoms. The standard InChI is InChI=1S/C21H22N4O5S/c1-14-4-10-17(11-5-14)31(29,30)25(3)21-18(13-22-24(21)2)20(28)23-16-8-6-15(7-9-16)12-19(26)27/h4-11,13H,12H2,1-3H3,(H,23,28)(H,26,27). The Hall–Kier alpha value is -3.66. The topological polar surface area (TPSA) is 122 Å². The second-order valence-electron chi connectivity index (χ2n) is 7.01. The number of carbonyl (C=O) groups is 2. The summed E-state index contributed by atoms with van der Waals surface area (Å²) in [6.45, 7) is 1.86. The van der Waals surface area contributed by atoms with Gasteiger partial charge < -0.3 is 10.4 Å². The molecule has 31 heavy (non-hydrogen) atoms. The van der Waals surface area contributed by atoms with Gasteiger partial charge >= 0.3 is 5.97 Å². The number of aliphatic carboxylic acids is 1. The van der Waals surface area contributed by atoms with Crippen LogP contribution in [0, 0.1) is 6.92 Å². The first-order valence-corrected chi connectivity index (χ1v) is 10.7. The highest BCUT2D eigenvalue weighted by Crippen LogP contribution is 2.26. The molecule has 1 aromatic heterocycles. The molecule has 3 aromatic rings. The van der Waals surface area contributed by atoms with E-state index in [1.54, 1.807) is 43.4 Å². The number of sulfonamides is 1. The number of nitrogens with one attached hydrogen (secondary N) is 1. The zero-order valence-corrected chi connectivity index (χ0v) is 18.0. The third-order valence-electron chi connectivity index (χ3n) is 4.70. The Labute approximate surface area is 180 Å². The maximum absolute atomic E-state index is 13.1. The van der Waals surface area contributed by atoms with Crippen LogP contribution in [0.2, 0.25) is 0 Å². The highest BCUT2D eigenvalue weighted by Gasteiger charge is 2.28. The Morgan fingerprint density at radius 2 is 1.71 bits per heavy atom. The van der Waals surface area contributed by atoms with Gasteiger partial charge in [0.2, 0.25) is 0 Å². The third kappa shape index (κ3) is 4.75. The maximum atomic E-state index is 13.1. The van der Waals surface area contributed by atoms with Crippen molar-refractivity contribution in [3.05, 3.63) is 71.4 Å². The van der Waals surface area contributed by atoms with Crippen molar-refractivity contribution < 1.29 is 23.1 Å². The van der Waals surface area contributed by atoms with Gasteiger partial charge in [-0.1, -0.05) is 29.8 Å². The minimum Gasteiger partial charge on any atom is -0.481 e. The Morgan fingerprint density at radius 1 is 1.10 bits per heavy atom. The number of carboxylic acid groups (broad SMARTS) is 1. The predicted molar refractivity (Wildman–Crippen MR) is 116 cm³/mol. The van der Waals surface area contributed by atoms with Crippen molar-refractivity contribution in [1.29, 1.82) is 0 Å². The number of rotatable bonds is 7. The van der Waals surface area contributed by atoms with Crippen LogP contribution in [0.3, 0.4) is 0 Å². The molecule has 0 atom stereocenters. The van der Waals surface area contributed by atoms with Gasteiger partial charge in [-0.05, 0) is 36.8 Å². The maximum Gasteiger partial charge on any atom is 0.307 e. The predicted octanol–water partition coefficient (Wildman–Crippen LogP) is 2.43. The number of carboxylic acids is 1. The van der Waals surface area contributed by atoms with Crippen LogP contribution in [0.25, 0.3) is 0 Å². The molecule has 0 unspecified atom stereocenters. The molecule has 0 aliphatic rings. The molecule has 162 valence electrons. The van der Waals surface area contributed by atoms with E-state index in [1.165, 1.54) is 30.1 Å². The number of carbonyl (C=O) groups excluding carboxylic acids is 1. The molecule has 0 spiro atoms. The first-order chi connectivity index (χ1) is 14.6. The number of amides is 1. The number of hydrogen-bond donors (Lipinski definition) is 2.